The van der Waals surface area contributed by atoms with Gasteiger partial charge in [-0.2, -0.15) is 0 Å². The highest BCUT2D eigenvalue weighted by molar-refractivity contribution is 5.69. The van der Waals surface area contributed by atoms with Crippen LogP contribution in [0.5, 0.6) is 5.75 Å². The number of rotatable bonds is 8. The first kappa shape index (κ1) is 18.7. The van der Waals surface area contributed by atoms with E-state index in [1.54, 1.807) is 6.92 Å². The molecule has 140 valence electrons. The van der Waals surface area contributed by atoms with Crippen LogP contribution >= 0.6 is 0 Å². The van der Waals surface area contributed by atoms with E-state index in [2.05, 4.69) is 4.98 Å². The Hall–Kier alpha value is -3.08. The first-order chi connectivity index (χ1) is 13.0. The lowest BCUT2D eigenvalue weighted by atomic mass is 10.0. The lowest BCUT2D eigenvalue weighted by Gasteiger charge is -2.08. The van der Waals surface area contributed by atoms with Crippen LogP contribution in [0, 0.1) is 12.8 Å². The van der Waals surface area contributed by atoms with E-state index in [-0.39, 0.29) is 0 Å². The minimum Gasteiger partial charge on any atom is -0.493 e. The molecule has 1 heterocycles. The Morgan fingerprint density at radius 3 is 2.52 bits per heavy atom. The Kier molecular flexibility index (Phi) is 5.91. The number of aliphatic carboxylic acids is 1. The summed E-state index contributed by atoms with van der Waals surface area (Å²) in [4.78, 5) is 15.5. The van der Waals surface area contributed by atoms with E-state index in [1.807, 2.05) is 61.5 Å². The molecule has 0 aliphatic rings. The Bertz CT molecular complexity index is 884. The van der Waals surface area contributed by atoms with Crippen LogP contribution in [0.4, 0.5) is 0 Å². The SMILES string of the molecule is Cc1oc(-c2ccccc2)nc1CCOc1ccc(CC(C)C(=O)O)cc1. The number of benzene rings is 2. The van der Waals surface area contributed by atoms with Crippen molar-refractivity contribution in [2.45, 2.75) is 26.7 Å². The number of carboxylic acids is 1. The third-order valence-corrected chi connectivity index (χ3v) is 4.41. The van der Waals surface area contributed by atoms with Crippen molar-refractivity contribution in [2.75, 3.05) is 6.61 Å². The molecule has 0 saturated heterocycles. The molecule has 0 spiro atoms. The summed E-state index contributed by atoms with van der Waals surface area (Å²) in [6.45, 7) is 4.11. The van der Waals surface area contributed by atoms with Crippen molar-refractivity contribution in [2.24, 2.45) is 5.92 Å². The maximum atomic E-state index is 10.9. The zero-order chi connectivity index (χ0) is 19.2. The van der Waals surface area contributed by atoms with Gasteiger partial charge in [-0.25, -0.2) is 4.98 Å². The van der Waals surface area contributed by atoms with Crippen molar-refractivity contribution >= 4 is 5.97 Å². The number of hydrogen-bond donors (Lipinski definition) is 1. The van der Waals surface area contributed by atoms with E-state index in [0.29, 0.717) is 25.3 Å². The van der Waals surface area contributed by atoms with E-state index in [9.17, 15) is 4.79 Å². The van der Waals surface area contributed by atoms with Gasteiger partial charge in [-0.1, -0.05) is 37.3 Å². The summed E-state index contributed by atoms with van der Waals surface area (Å²) in [6, 6.07) is 17.4. The van der Waals surface area contributed by atoms with Gasteiger partial charge in [-0.15, -0.1) is 0 Å². The zero-order valence-corrected chi connectivity index (χ0v) is 15.5. The smallest absolute Gasteiger partial charge is 0.306 e. The predicted octanol–water partition coefficient (Wildman–Crippen LogP) is 4.53. The second kappa shape index (κ2) is 8.54. The minimum absolute atomic E-state index is 0.397. The van der Waals surface area contributed by atoms with Crippen molar-refractivity contribution in [1.29, 1.82) is 0 Å². The summed E-state index contributed by atoms with van der Waals surface area (Å²) in [5, 5.41) is 8.98. The number of nitrogens with zero attached hydrogens (tertiary/aromatic N) is 1. The third-order valence-electron chi connectivity index (χ3n) is 4.41. The normalized spacial score (nSPS) is 11.9. The van der Waals surface area contributed by atoms with Gasteiger partial charge in [0.1, 0.15) is 11.5 Å². The van der Waals surface area contributed by atoms with Gasteiger partial charge in [-0.3, -0.25) is 4.79 Å². The molecule has 2 aromatic carbocycles. The molecule has 0 saturated carbocycles. The van der Waals surface area contributed by atoms with Gasteiger partial charge < -0.3 is 14.3 Å². The summed E-state index contributed by atoms with van der Waals surface area (Å²) in [5.41, 5.74) is 2.83. The maximum absolute atomic E-state index is 10.9. The molecule has 1 atom stereocenters. The first-order valence-electron chi connectivity index (χ1n) is 8.99. The maximum Gasteiger partial charge on any atom is 0.306 e. The highest BCUT2D eigenvalue weighted by atomic mass is 16.5. The third kappa shape index (κ3) is 4.97. The lowest BCUT2D eigenvalue weighted by molar-refractivity contribution is -0.141. The van der Waals surface area contributed by atoms with Crippen molar-refractivity contribution < 1.29 is 19.1 Å². The van der Waals surface area contributed by atoms with Gasteiger partial charge in [-0.05, 0) is 43.2 Å². The van der Waals surface area contributed by atoms with Crippen molar-refractivity contribution in [3.8, 4) is 17.2 Å². The summed E-state index contributed by atoms with van der Waals surface area (Å²) in [6.07, 6.45) is 1.16. The highest BCUT2D eigenvalue weighted by Gasteiger charge is 2.12. The fraction of sp³-hybridized carbons (Fsp3) is 0.273. The molecule has 27 heavy (non-hydrogen) atoms. The average molecular weight is 365 g/mol. The fourth-order valence-corrected chi connectivity index (χ4v) is 2.79. The van der Waals surface area contributed by atoms with Gasteiger partial charge in [0.25, 0.3) is 0 Å². The molecule has 1 unspecified atom stereocenters. The first-order valence-corrected chi connectivity index (χ1v) is 8.99. The molecule has 0 radical (unpaired) electrons. The summed E-state index contributed by atoms with van der Waals surface area (Å²) in [5.74, 6) is 1.00. The van der Waals surface area contributed by atoms with Crippen LogP contribution in [0.1, 0.15) is 23.9 Å². The van der Waals surface area contributed by atoms with E-state index < -0.39 is 11.9 Å². The number of carboxylic acid groups (broad SMARTS) is 1. The molecule has 5 heteroatoms. The van der Waals surface area contributed by atoms with E-state index >= 15 is 0 Å². The van der Waals surface area contributed by atoms with Crippen LogP contribution in [-0.2, 0) is 17.6 Å². The quantitative estimate of drug-likeness (QED) is 0.635. The van der Waals surface area contributed by atoms with Gasteiger partial charge in [0, 0.05) is 12.0 Å². The Morgan fingerprint density at radius 1 is 1.15 bits per heavy atom. The monoisotopic (exact) mass is 365 g/mol. The largest absolute Gasteiger partial charge is 0.493 e. The second-order valence-corrected chi connectivity index (χ2v) is 6.57. The van der Waals surface area contributed by atoms with E-state index in [0.717, 1.165) is 28.3 Å². The zero-order valence-electron chi connectivity index (χ0n) is 15.5. The summed E-state index contributed by atoms with van der Waals surface area (Å²) < 4.78 is 11.6. The molecule has 0 amide bonds. The molecular formula is C22H23NO4. The number of hydrogen-bond acceptors (Lipinski definition) is 4. The number of carbonyl (C=O) groups is 1. The van der Waals surface area contributed by atoms with Crippen LogP contribution in [0.15, 0.2) is 59.0 Å². The average Bonchev–Trinajstić information content (AvgIpc) is 3.04. The van der Waals surface area contributed by atoms with Crippen LogP contribution in [0.25, 0.3) is 11.5 Å². The Balaban J connectivity index is 1.54. The Morgan fingerprint density at radius 2 is 1.85 bits per heavy atom. The van der Waals surface area contributed by atoms with E-state index in [4.69, 9.17) is 14.3 Å². The van der Waals surface area contributed by atoms with Gasteiger partial charge >= 0.3 is 5.97 Å². The molecule has 5 nitrogen and oxygen atoms in total. The molecule has 0 bridgehead atoms. The van der Waals surface area contributed by atoms with Gasteiger partial charge in [0.05, 0.1) is 18.2 Å². The van der Waals surface area contributed by atoms with Crippen LogP contribution in [-0.4, -0.2) is 22.7 Å². The molecular weight excluding hydrogens is 342 g/mol. The predicted molar refractivity (Wildman–Crippen MR) is 103 cm³/mol. The molecule has 0 aliphatic carbocycles. The van der Waals surface area contributed by atoms with Crippen molar-refractivity contribution in [1.82, 2.24) is 4.98 Å². The molecule has 0 fully saturated rings. The molecule has 0 aliphatic heterocycles. The van der Waals surface area contributed by atoms with Gasteiger partial charge in [0.15, 0.2) is 0 Å². The summed E-state index contributed by atoms with van der Waals surface area (Å²) >= 11 is 0. The van der Waals surface area contributed by atoms with E-state index in [1.165, 1.54) is 0 Å². The minimum atomic E-state index is -0.784. The van der Waals surface area contributed by atoms with Crippen molar-refractivity contribution in [3.05, 3.63) is 71.6 Å². The van der Waals surface area contributed by atoms with Crippen LogP contribution in [0.2, 0.25) is 0 Å². The molecule has 1 aromatic heterocycles. The van der Waals surface area contributed by atoms with Crippen LogP contribution in [0.3, 0.4) is 0 Å². The fourth-order valence-electron chi connectivity index (χ4n) is 2.79. The lowest BCUT2D eigenvalue weighted by Crippen LogP contribution is -2.12. The van der Waals surface area contributed by atoms with Gasteiger partial charge in [0.2, 0.25) is 5.89 Å². The molecule has 1 N–H and O–H groups in total. The highest BCUT2D eigenvalue weighted by Crippen LogP contribution is 2.22. The molecule has 3 rings (SSSR count). The topological polar surface area (TPSA) is 72.6 Å². The number of oxazole rings is 1. The number of aryl methyl sites for hydroxylation is 1. The second-order valence-electron chi connectivity index (χ2n) is 6.57. The van der Waals surface area contributed by atoms with Crippen molar-refractivity contribution in [3.63, 3.8) is 0 Å². The molecule has 3 aromatic rings. The number of aromatic nitrogens is 1. The number of ether oxygens (including phenoxy) is 1. The van der Waals surface area contributed by atoms with Crippen LogP contribution < -0.4 is 4.74 Å². The Labute approximate surface area is 158 Å². The summed E-state index contributed by atoms with van der Waals surface area (Å²) in [7, 11) is 0. The standard InChI is InChI=1S/C22H23NO4/c1-15(22(24)25)14-17-8-10-19(11-9-17)26-13-12-20-16(2)27-21(23-20)18-6-4-3-5-7-18/h3-11,15H,12-14H2,1-2H3,(H,24,25).